The largest absolute Gasteiger partial charge is 0.290 e. The fourth-order valence-electron chi connectivity index (χ4n) is 5.25. The normalized spacial score (nSPS) is 21.9. The first-order valence-corrected chi connectivity index (χ1v) is 15.7. The van der Waals surface area contributed by atoms with Crippen LogP contribution in [0, 0.1) is 11.8 Å². The van der Waals surface area contributed by atoms with E-state index in [1.165, 1.54) is 11.8 Å². The summed E-state index contributed by atoms with van der Waals surface area (Å²) in [6.07, 6.45) is 4.69. The molecule has 2 aromatic carbocycles. The molecule has 2 aliphatic rings. The number of thioether (sulfide) groups is 1. The molecule has 0 N–H and O–H groups in total. The van der Waals surface area contributed by atoms with Crippen LogP contribution < -0.4 is 0 Å². The van der Waals surface area contributed by atoms with E-state index in [-0.39, 0.29) is 16.8 Å². The fourth-order valence-corrected chi connectivity index (χ4v) is 8.49. The summed E-state index contributed by atoms with van der Waals surface area (Å²) in [5.74, 6) is 0.483. The van der Waals surface area contributed by atoms with Crippen LogP contribution in [0.15, 0.2) is 70.6 Å². The molecule has 0 radical (unpaired) electrons. The zero-order chi connectivity index (χ0) is 27.9. The summed E-state index contributed by atoms with van der Waals surface area (Å²) >= 11 is 6.74. The molecule has 0 saturated carbocycles. The van der Waals surface area contributed by atoms with Gasteiger partial charge in [-0.15, -0.1) is 0 Å². The number of carbonyl (C=O) groups is 1. The highest BCUT2D eigenvalue weighted by atomic mass is 32.2. The molecule has 39 heavy (non-hydrogen) atoms. The maximum atomic E-state index is 13.7. The Morgan fingerprint density at radius 1 is 1.05 bits per heavy atom. The molecule has 2 aliphatic heterocycles. The number of para-hydroxylation sites is 1. The highest BCUT2D eigenvalue weighted by Crippen LogP contribution is 2.36. The molecule has 7 nitrogen and oxygen atoms in total. The molecule has 2 fully saturated rings. The Morgan fingerprint density at radius 3 is 2.38 bits per heavy atom. The van der Waals surface area contributed by atoms with E-state index >= 15 is 0 Å². The van der Waals surface area contributed by atoms with Gasteiger partial charge in [0.05, 0.1) is 15.5 Å². The first-order chi connectivity index (χ1) is 18.5. The molecule has 0 bridgehead atoms. The van der Waals surface area contributed by atoms with Crippen molar-refractivity contribution in [3.8, 4) is 16.9 Å². The monoisotopic (exact) mass is 580 g/mol. The summed E-state index contributed by atoms with van der Waals surface area (Å²) < 4.78 is 31.2. The van der Waals surface area contributed by atoms with E-state index in [1.54, 1.807) is 38.2 Å². The van der Waals surface area contributed by atoms with Gasteiger partial charge in [-0.25, -0.2) is 13.1 Å². The molecule has 3 aromatic rings. The second-order valence-electron chi connectivity index (χ2n) is 10.7. The fraction of sp³-hybridized carbons (Fsp3) is 0.345. The number of nitrogens with zero attached hydrogens (tertiary/aromatic N) is 4. The van der Waals surface area contributed by atoms with Gasteiger partial charge in [-0.3, -0.25) is 9.69 Å². The number of thiocarbonyl (C=S) groups is 1. The Balaban J connectivity index is 1.58. The van der Waals surface area contributed by atoms with Crippen molar-refractivity contribution < 1.29 is 13.2 Å². The second-order valence-corrected chi connectivity index (χ2v) is 14.3. The lowest BCUT2D eigenvalue weighted by Gasteiger charge is -2.34. The summed E-state index contributed by atoms with van der Waals surface area (Å²) in [6.45, 7) is 9.09. The van der Waals surface area contributed by atoms with Crippen molar-refractivity contribution in [3.05, 3.63) is 71.3 Å². The van der Waals surface area contributed by atoms with Crippen LogP contribution in [0.3, 0.4) is 0 Å². The van der Waals surface area contributed by atoms with E-state index in [1.807, 2.05) is 56.4 Å². The number of hydrogen-bond acceptors (Lipinski definition) is 6. The van der Waals surface area contributed by atoms with Gasteiger partial charge in [0.2, 0.25) is 10.0 Å². The van der Waals surface area contributed by atoms with Crippen molar-refractivity contribution in [1.82, 2.24) is 19.0 Å². The number of hydrogen-bond donors (Lipinski definition) is 0. The molecule has 1 amide bonds. The van der Waals surface area contributed by atoms with Crippen molar-refractivity contribution >= 4 is 50.3 Å². The third-order valence-corrected chi connectivity index (χ3v) is 10.1. The summed E-state index contributed by atoms with van der Waals surface area (Å²) in [7, 11) is -3.67. The summed E-state index contributed by atoms with van der Waals surface area (Å²) in [6, 6.07) is 16.6. The molecule has 3 heterocycles. The van der Waals surface area contributed by atoms with Crippen LogP contribution in [0.5, 0.6) is 0 Å². The minimum absolute atomic E-state index is 0.0444. The van der Waals surface area contributed by atoms with E-state index in [9.17, 15) is 13.2 Å². The zero-order valence-electron chi connectivity index (χ0n) is 22.4. The lowest BCUT2D eigenvalue weighted by Crippen LogP contribution is -2.42. The van der Waals surface area contributed by atoms with Crippen LogP contribution in [0.2, 0.25) is 0 Å². The van der Waals surface area contributed by atoms with Gasteiger partial charge in [-0.1, -0.05) is 68.2 Å². The smallest absolute Gasteiger partial charge is 0.266 e. The Bertz CT molecular complexity index is 1540. The van der Waals surface area contributed by atoms with Crippen molar-refractivity contribution in [3.63, 3.8) is 0 Å². The van der Waals surface area contributed by atoms with Gasteiger partial charge < -0.3 is 0 Å². The zero-order valence-corrected chi connectivity index (χ0v) is 24.9. The van der Waals surface area contributed by atoms with Crippen molar-refractivity contribution in [2.45, 2.75) is 45.1 Å². The van der Waals surface area contributed by atoms with E-state index in [2.05, 4.69) is 13.8 Å². The Labute approximate surface area is 239 Å². The average molecular weight is 581 g/mol. The lowest BCUT2D eigenvalue weighted by molar-refractivity contribution is -0.123. The maximum Gasteiger partial charge on any atom is 0.266 e. The van der Waals surface area contributed by atoms with Crippen LogP contribution in [0.4, 0.5) is 0 Å². The predicted octanol–water partition coefficient (Wildman–Crippen LogP) is 5.82. The first kappa shape index (κ1) is 27.8. The first-order valence-electron chi connectivity index (χ1n) is 13.1. The second kappa shape index (κ2) is 11.0. The molecule has 2 unspecified atom stereocenters. The van der Waals surface area contributed by atoms with Crippen molar-refractivity contribution in [2.24, 2.45) is 11.8 Å². The van der Waals surface area contributed by atoms with Crippen LogP contribution >= 0.6 is 24.0 Å². The van der Waals surface area contributed by atoms with Crippen LogP contribution in [0.25, 0.3) is 23.0 Å². The van der Waals surface area contributed by atoms with Crippen molar-refractivity contribution in [2.75, 3.05) is 13.1 Å². The highest BCUT2D eigenvalue weighted by molar-refractivity contribution is 8.26. The van der Waals surface area contributed by atoms with E-state index in [0.717, 1.165) is 12.1 Å². The van der Waals surface area contributed by atoms with E-state index in [0.29, 0.717) is 51.0 Å². The van der Waals surface area contributed by atoms with Gasteiger partial charge in [-0.2, -0.15) is 9.40 Å². The minimum Gasteiger partial charge on any atom is -0.290 e. The molecule has 2 saturated heterocycles. The number of carbonyl (C=O) groups excluding carboxylic acids is 1. The molecule has 10 heteroatoms. The van der Waals surface area contributed by atoms with Crippen LogP contribution in [-0.2, 0) is 14.8 Å². The number of aromatic nitrogens is 2. The Morgan fingerprint density at radius 2 is 1.74 bits per heavy atom. The number of amides is 1. The quantitative estimate of drug-likeness (QED) is 0.270. The van der Waals surface area contributed by atoms with Gasteiger partial charge in [0.15, 0.2) is 0 Å². The topological polar surface area (TPSA) is 75.5 Å². The van der Waals surface area contributed by atoms with E-state index in [4.69, 9.17) is 17.3 Å². The van der Waals surface area contributed by atoms with Crippen LogP contribution in [-0.4, -0.2) is 56.8 Å². The number of sulfonamides is 1. The molecule has 1 aromatic heterocycles. The maximum absolute atomic E-state index is 13.7. The van der Waals surface area contributed by atoms with Gasteiger partial charge in [-0.05, 0) is 62.4 Å². The SMILES string of the molecule is CC1CC(C)CN(S(=O)(=O)c2cccc(-c3nn(-c4ccccc4)cc3/C=C3\SC(=S)N(C(C)C)C3=O)c2)C1. The summed E-state index contributed by atoms with van der Waals surface area (Å²) in [4.78, 5) is 15.5. The minimum atomic E-state index is -3.67. The van der Waals surface area contributed by atoms with Gasteiger partial charge in [0, 0.05) is 36.5 Å². The summed E-state index contributed by atoms with van der Waals surface area (Å²) in [5.41, 5.74) is 2.81. The third kappa shape index (κ3) is 5.61. The number of benzene rings is 2. The molecule has 204 valence electrons. The van der Waals surface area contributed by atoms with Gasteiger partial charge in [0.1, 0.15) is 10.0 Å². The third-order valence-electron chi connectivity index (χ3n) is 6.97. The Kier molecular flexibility index (Phi) is 7.83. The Hall–Kier alpha value is -2.79. The molecule has 0 aliphatic carbocycles. The standard InChI is InChI=1S/C29H32N4O3S3/c1-19(2)33-28(34)26(38-29(33)37)15-23-18-32(24-10-6-5-7-11-24)30-27(23)22-9-8-12-25(14-22)39(35,36)31-16-20(3)13-21(4)17-31/h5-12,14-15,18-21H,13,16-17H2,1-4H3/b26-15-. The molecule has 2 atom stereocenters. The summed E-state index contributed by atoms with van der Waals surface area (Å²) in [5, 5.41) is 4.85. The molecule has 0 spiro atoms. The molecular formula is C29H32N4O3S3. The average Bonchev–Trinajstić information content (AvgIpc) is 3.44. The molecule has 5 rings (SSSR count). The highest BCUT2D eigenvalue weighted by Gasteiger charge is 2.35. The van der Waals surface area contributed by atoms with E-state index < -0.39 is 10.0 Å². The van der Waals surface area contributed by atoms with Gasteiger partial charge >= 0.3 is 0 Å². The predicted molar refractivity (Wildman–Crippen MR) is 161 cm³/mol. The van der Waals surface area contributed by atoms with Crippen LogP contribution in [0.1, 0.15) is 39.7 Å². The lowest BCUT2D eigenvalue weighted by atomic mass is 9.94. The van der Waals surface area contributed by atoms with Crippen molar-refractivity contribution in [1.29, 1.82) is 0 Å². The number of rotatable bonds is 6. The van der Waals surface area contributed by atoms with Gasteiger partial charge in [0.25, 0.3) is 5.91 Å². The molecular weight excluding hydrogens is 549 g/mol. The number of piperidine rings is 1.